The molecule has 104 valence electrons. The van der Waals surface area contributed by atoms with Crippen molar-refractivity contribution in [3.8, 4) is 10.6 Å². The number of rotatable bonds is 3. The molecular formula is C14H11N5OS. The lowest BCUT2D eigenvalue weighted by Crippen LogP contribution is -2.12. The third-order valence-corrected chi connectivity index (χ3v) is 3.58. The maximum Gasteiger partial charge on any atom is 0.275 e. The van der Waals surface area contributed by atoms with E-state index in [4.69, 9.17) is 5.73 Å². The predicted molar refractivity (Wildman–Crippen MR) is 81.9 cm³/mol. The fourth-order valence-corrected chi connectivity index (χ4v) is 2.45. The first kappa shape index (κ1) is 13.2. The second-order valence-electron chi connectivity index (χ2n) is 4.19. The van der Waals surface area contributed by atoms with Crippen molar-refractivity contribution in [3.63, 3.8) is 0 Å². The number of anilines is 2. The number of carbonyl (C=O) groups excluding carboxylic acids is 1. The number of hydrogen-bond acceptors (Lipinski definition) is 6. The fraction of sp³-hybridized carbons (Fsp3) is 0. The standard InChI is InChI=1S/C14H11N5OS/c15-14-16-6-9(7-17-14)13-19-11(8-21-13)12(20)18-10-4-2-1-3-5-10/h1-8H,(H,18,20)(H2,15,16,17). The average molecular weight is 297 g/mol. The molecule has 0 saturated carbocycles. The lowest BCUT2D eigenvalue weighted by Gasteiger charge is -2.01. The van der Waals surface area contributed by atoms with E-state index in [1.54, 1.807) is 17.8 Å². The monoisotopic (exact) mass is 297 g/mol. The molecule has 0 atom stereocenters. The van der Waals surface area contributed by atoms with Crippen molar-refractivity contribution in [1.29, 1.82) is 0 Å². The van der Waals surface area contributed by atoms with Crippen LogP contribution < -0.4 is 11.1 Å². The third-order valence-electron chi connectivity index (χ3n) is 2.69. The Morgan fingerprint density at radius 1 is 1.14 bits per heavy atom. The first-order valence-corrected chi connectivity index (χ1v) is 7.00. The predicted octanol–water partition coefficient (Wildman–Crippen LogP) is 2.43. The highest BCUT2D eigenvalue weighted by molar-refractivity contribution is 7.13. The molecule has 2 heterocycles. The van der Waals surface area contributed by atoms with Gasteiger partial charge in [0.15, 0.2) is 0 Å². The minimum absolute atomic E-state index is 0.206. The van der Waals surface area contributed by atoms with E-state index in [-0.39, 0.29) is 11.9 Å². The summed E-state index contributed by atoms with van der Waals surface area (Å²) in [4.78, 5) is 24.2. The van der Waals surface area contributed by atoms with Gasteiger partial charge in [0.25, 0.3) is 5.91 Å². The summed E-state index contributed by atoms with van der Waals surface area (Å²) in [6, 6.07) is 9.23. The second kappa shape index (κ2) is 5.68. The summed E-state index contributed by atoms with van der Waals surface area (Å²) in [7, 11) is 0. The molecule has 0 aliphatic rings. The second-order valence-corrected chi connectivity index (χ2v) is 5.05. The molecule has 1 amide bonds. The normalized spacial score (nSPS) is 10.3. The molecule has 0 saturated heterocycles. The summed E-state index contributed by atoms with van der Waals surface area (Å²) in [6.07, 6.45) is 3.17. The average Bonchev–Trinajstić information content (AvgIpc) is 2.99. The first-order valence-electron chi connectivity index (χ1n) is 6.12. The molecule has 0 bridgehead atoms. The quantitative estimate of drug-likeness (QED) is 0.774. The molecule has 7 heteroatoms. The number of carbonyl (C=O) groups is 1. The van der Waals surface area contributed by atoms with Crippen LogP contribution in [0, 0.1) is 0 Å². The number of nitrogens with one attached hydrogen (secondary N) is 1. The molecule has 0 aliphatic carbocycles. The van der Waals surface area contributed by atoms with Gasteiger partial charge in [0.05, 0.1) is 0 Å². The van der Waals surface area contributed by atoms with Crippen molar-refractivity contribution in [1.82, 2.24) is 15.0 Å². The molecular weight excluding hydrogens is 286 g/mol. The molecule has 6 nitrogen and oxygen atoms in total. The van der Waals surface area contributed by atoms with E-state index in [0.29, 0.717) is 10.7 Å². The number of amides is 1. The van der Waals surface area contributed by atoms with Crippen LogP contribution in [0.1, 0.15) is 10.5 Å². The van der Waals surface area contributed by atoms with E-state index in [1.807, 2.05) is 30.3 Å². The summed E-state index contributed by atoms with van der Waals surface area (Å²) in [5.41, 5.74) is 7.26. The Balaban J connectivity index is 1.78. The Labute approximate surface area is 124 Å². The number of benzene rings is 1. The van der Waals surface area contributed by atoms with Crippen molar-refractivity contribution in [2.24, 2.45) is 0 Å². The minimum Gasteiger partial charge on any atom is -0.368 e. The van der Waals surface area contributed by atoms with Crippen molar-refractivity contribution < 1.29 is 4.79 Å². The van der Waals surface area contributed by atoms with Crippen LogP contribution in [0.3, 0.4) is 0 Å². The van der Waals surface area contributed by atoms with Crippen LogP contribution in [0.2, 0.25) is 0 Å². The number of thiazole rings is 1. The Bertz CT molecular complexity index is 755. The molecule has 3 aromatic rings. The van der Waals surface area contributed by atoms with Crippen LogP contribution in [-0.4, -0.2) is 20.9 Å². The molecule has 2 aromatic heterocycles. The molecule has 0 spiro atoms. The van der Waals surface area contributed by atoms with E-state index in [9.17, 15) is 4.79 Å². The van der Waals surface area contributed by atoms with Crippen molar-refractivity contribution >= 4 is 28.9 Å². The minimum atomic E-state index is -0.250. The first-order chi connectivity index (χ1) is 10.2. The Morgan fingerprint density at radius 2 is 1.86 bits per heavy atom. The Morgan fingerprint density at radius 3 is 2.57 bits per heavy atom. The summed E-state index contributed by atoms with van der Waals surface area (Å²) in [5, 5.41) is 5.16. The van der Waals surface area contributed by atoms with Crippen LogP contribution in [0.25, 0.3) is 10.6 Å². The topological polar surface area (TPSA) is 93.8 Å². The third kappa shape index (κ3) is 3.03. The SMILES string of the molecule is Nc1ncc(-c2nc(C(=O)Nc3ccccc3)cs2)cn1. The van der Waals surface area contributed by atoms with Crippen molar-refractivity contribution in [3.05, 3.63) is 53.8 Å². The van der Waals surface area contributed by atoms with E-state index >= 15 is 0 Å². The van der Waals surface area contributed by atoms with Gasteiger partial charge < -0.3 is 11.1 Å². The maximum absolute atomic E-state index is 12.1. The van der Waals surface area contributed by atoms with Gasteiger partial charge in [-0.25, -0.2) is 15.0 Å². The van der Waals surface area contributed by atoms with Crippen molar-refractivity contribution in [2.45, 2.75) is 0 Å². The van der Waals surface area contributed by atoms with Gasteiger partial charge in [-0.1, -0.05) is 18.2 Å². The van der Waals surface area contributed by atoms with Gasteiger partial charge in [0.1, 0.15) is 10.7 Å². The highest BCUT2D eigenvalue weighted by Gasteiger charge is 2.12. The summed E-state index contributed by atoms with van der Waals surface area (Å²) in [5.74, 6) is -0.0441. The Hall–Kier alpha value is -2.80. The van der Waals surface area contributed by atoms with E-state index < -0.39 is 0 Å². The van der Waals surface area contributed by atoms with Crippen molar-refractivity contribution in [2.75, 3.05) is 11.1 Å². The molecule has 1 aromatic carbocycles. The van der Waals surface area contributed by atoms with Gasteiger partial charge in [-0.2, -0.15) is 0 Å². The van der Waals surface area contributed by atoms with E-state index in [2.05, 4.69) is 20.3 Å². The lowest BCUT2D eigenvalue weighted by atomic mass is 10.3. The van der Waals surface area contributed by atoms with E-state index in [1.165, 1.54) is 11.3 Å². The number of nitrogens with zero attached hydrogens (tertiary/aromatic N) is 3. The zero-order valence-electron chi connectivity index (χ0n) is 10.9. The van der Waals surface area contributed by atoms with E-state index in [0.717, 1.165) is 11.3 Å². The summed E-state index contributed by atoms with van der Waals surface area (Å²) in [6.45, 7) is 0. The number of nitrogens with two attached hydrogens (primary N) is 1. The zero-order valence-corrected chi connectivity index (χ0v) is 11.7. The zero-order chi connectivity index (χ0) is 14.7. The number of nitrogen functional groups attached to an aromatic ring is 1. The van der Waals surface area contributed by atoms with Crippen LogP contribution >= 0.6 is 11.3 Å². The Kier molecular flexibility index (Phi) is 3.57. The van der Waals surface area contributed by atoms with Gasteiger partial charge in [-0.05, 0) is 12.1 Å². The van der Waals surface area contributed by atoms with Gasteiger partial charge in [0, 0.05) is 29.0 Å². The van der Waals surface area contributed by atoms with Gasteiger partial charge in [-0.15, -0.1) is 11.3 Å². The molecule has 3 rings (SSSR count). The van der Waals surface area contributed by atoms with Gasteiger partial charge in [0.2, 0.25) is 5.95 Å². The molecule has 0 radical (unpaired) electrons. The number of para-hydroxylation sites is 1. The number of hydrogen-bond donors (Lipinski definition) is 2. The molecule has 0 aliphatic heterocycles. The highest BCUT2D eigenvalue weighted by atomic mass is 32.1. The molecule has 0 unspecified atom stereocenters. The maximum atomic E-state index is 12.1. The van der Waals surface area contributed by atoms with Crippen LogP contribution in [0.5, 0.6) is 0 Å². The molecule has 0 fully saturated rings. The van der Waals surface area contributed by atoms with Crippen LogP contribution in [0.15, 0.2) is 48.1 Å². The highest BCUT2D eigenvalue weighted by Crippen LogP contribution is 2.23. The summed E-state index contributed by atoms with van der Waals surface area (Å²) < 4.78 is 0. The fourth-order valence-electron chi connectivity index (χ4n) is 1.68. The van der Waals surface area contributed by atoms with Crippen LogP contribution in [0.4, 0.5) is 11.6 Å². The molecule has 21 heavy (non-hydrogen) atoms. The van der Waals surface area contributed by atoms with Gasteiger partial charge in [-0.3, -0.25) is 4.79 Å². The number of aromatic nitrogens is 3. The lowest BCUT2D eigenvalue weighted by molar-refractivity contribution is 0.102. The smallest absolute Gasteiger partial charge is 0.275 e. The summed E-state index contributed by atoms with van der Waals surface area (Å²) >= 11 is 1.35. The van der Waals surface area contributed by atoms with Crippen LogP contribution in [-0.2, 0) is 0 Å². The van der Waals surface area contributed by atoms with Gasteiger partial charge >= 0.3 is 0 Å². The molecule has 3 N–H and O–H groups in total. The largest absolute Gasteiger partial charge is 0.368 e.